The lowest BCUT2D eigenvalue weighted by Crippen LogP contribution is -2.34. The van der Waals surface area contributed by atoms with Crippen molar-refractivity contribution < 1.29 is 24.7 Å². The third kappa shape index (κ3) is 6.74. The van der Waals surface area contributed by atoms with Crippen molar-refractivity contribution in [1.29, 1.82) is 0 Å². The molecule has 198 valence electrons. The zero-order valence-corrected chi connectivity index (χ0v) is 21.4. The molecule has 1 unspecified atom stereocenters. The van der Waals surface area contributed by atoms with Gasteiger partial charge in [0, 0.05) is 24.2 Å². The number of aromatic hydroxyl groups is 1. The molecule has 2 aromatic carbocycles. The van der Waals surface area contributed by atoms with E-state index in [0.29, 0.717) is 18.5 Å². The number of hydrogen-bond acceptors (Lipinski definition) is 7. The van der Waals surface area contributed by atoms with Crippen molar-refractivity contribution in [1.82, 2.24) is 9.80 Å². The summed E-state index contributed by atoms with van der Waals surface area (Å²) in [6.07, 6.45) is 5.02. The second-order valence-corrected chi connectivity index (χ2v) is 9.29. The zero-order valence-electron chi connectivity index (χ0n) is 21.4. The lowest BCUT2D eigenvalue weighted by atomic mass is 9.95. The lowest BCUT2D eigenvalue weighted by molar-refractivity contribution is -0.384. The van der Waals surface area contributed by atoms with Gasteiger partial charge in [-0.05, 0) is 68.7 Å². The number of phenolic OH excluding ortho intramolecular Hbond substituents is 1. The van der Waals surface area contributed by atoms with Crippen LogP contribution in [0.3, 0.4) is 0 Å². The maximum Gasteiger partial charge on any atom is 0.295 e. The van der Waals surface area contributed by atoms with Crippen LogP contribution < -0.4 is 0 Å². The van der Waals surface area contributed by atoms with Crippen LogP contribution in [0, 0.1) is 10.1 Å². The van der Waals surface area contributed by atoms with Crippen molar-refractivity contribution in [2.24, 2.45) is 0 Å². The number of carbonyl (C=O) groups is 2. The fourth-order valence-electron chi connectivity index (χ4n) is 4.61. The monoisotopic (exact) mass is 509 g/mol. The van der Waals surface area contributed by atoms with Crippen molar-refractivity contribution >= 4 is 23.1 Å². The molecule has 2 N–H and O–H groups in total. The molecule has 1 aliphatic heterocycles. The molecule has 0 spiro atoms. The third-order valence-electron chi connectivity index (χ3n) is 6.61. The molecule has 3 rings (SSSR count). The Balaban J connectivity index is 1.93. The smallest absolute Gasteiger partial charge is 0.295 e. The SMILES string of the molecule is CCCCN(CCCC)CCCN1C(=O)C(=O)/C(=C(\O)c2ccc([N+](=O)[O-])cc2)C1c1cccc(O)c1. The van der Waals surface area contributed by atoms with Gasteiger partial charge in [-0.15, -0.1) is 0 Å². The Labute approximate surface area is 217 Å². The first-order chi connectivity index (χ1) is 17.8. The molecule has 0 saturated carbocycles. The minimum atomic E-state index is -0.887. The second kappa shape index (κ2) is 13.0. The van der Waals surface area contributed by atoms with Gasteiger partial charge in [0.2, 0.25) is 0 Å². The minimum Gasteiger partial charge on any atom is -0.508 e. The molecule has 1 saturated heterocycles. The normalized spacial score (nSPS) is 17.1. The van der Waals surface area contributed by atoms with E-state index in [4.69, 9.17) is 0 Å². The highest BCUT2D eigenvalue weighted by Crippen LogP contribution is 2.40. The van der Waals surface area contributed by atoms with Crippen LogP contribution in [0.25, 0.3) is 5.76 Å². The number of unbranched alkanes of at least 4 members (excludes halogenated alkanes) is 2. The van der Waals surface area contributed by atoms with Gasteiger partial charge in [0.1, 0.15) is 11.5 Å². The van der Waals surface area contributed by atoms with E-state index in [0.717, 1.165) is 45.3 Å². The number of phenols is 1. The molecule has 1 aliphatic rings. The van der Waals surface area contributed by atoms with E-state index in [1.165, 1.54) is 41.3 Å². The van der Waals surface area contributed by atoms with Crippen LogP contribution in [0.15, 0.2) is 54.1 Å². The number of nitro benzene ring substituents is 1. The number of aliphatic hydroxyl groups is 1. The Kier molecular flexibility index (Phi) is 9.79. The number of Topliss-reactive ketones (excluding diaryl/α,β-unsaturated/α-hetero) is 1. The molecule has 1 heterocycles. The van der Waals surface area contributed by atoms with E-state index in [9.17, 15) is 29.9 Å². The molecular weight excluding hydrogens is 474 g/mol. The van der Waals surface area contributed by atoms with Crippen molar-refractivity contribution in [3.63, 3.8) is 0 Å². The number of nitrogens with zero attached hydrogens (tertiary/aromatic N) is 3. The van der Waals surface area contributed by atoms with Crippen molar-refractivity contribution in [3.05, 3.63) is 75.3 Å². The highest BCUT2D eigenvalue weighted by atomic mass is 16.6. The lowest BCUT2D eigenvalue weighted by Gasteiger charge is -2.27. The van der Waals surface area contributed by atoms with Gasteiger partial charge >= 0.3 is 0 Å². The van der Waals surface area contributed by atoms with E-state index in [2.05, 4.69) is 18.7 Å². The molecule has 0 radical (unpaired) electrons. The predicted molar refractivity (Wildman–Crippen MR) is 141 cm³/mol. The standard InChI is InChI=1S/C28H35N3O6/c1-3-5-15-29(16-6-4-2)17-8-18-30-25(21-9-7-10-23(32)19-21)24(27(34)28(30)35)26(33)20-11-13-22(14-12-20)31(36)37/h7,9-14,19,25,32-33H,3-6,8,15-18H2,1-2H3/b26-24-. The summed E-state index contributed by atoms with van der Waals surface area (Å²) in [7, 11) is 0. The molecule has 1 amide bonds. The van der Waals surface area contributed by atoms with E-state index in [1.807, 2.05) is 0 Å². The highest BCUT2D eigenvalue weighted by Gasteiger charge is 2.45. The first-order valence-electron chi connectivity index (χ1n) is 12.8. The molecule has 0 aromatic heterocycles. The number of nitro groups is 1. The number of hydrogen-bond donors (Lipinski definition) is 2. The van der Waals surface area contributed by atoms with Crippen LogP contribution in [0.1, 0.15) is 63.1 Å². The fraction of sp³-hybridized carbons (Fsp3) is 0.429. The molecule has 37 heavy (non-hydrogen) atoms. The van der Waals surface area contributed by atoms with Gasteiger partial charge in [-0.2, -0.15) is 0 Å². The Morgan fingerprint density at radius 1 is 1.00 bits per heavy atom. The van der Waals surface area contributed by atoms with Gasteiger partial charge < -0.3 is 20.0 Å². The summed E-state index contributed by atoms with van der Waals surface area (Å²) in [5.41, 5.74) is 0.436. The largest absolute Gasteiger partial charge is 0.508 e. The average molecular weight is 510 g/mol. The predicted octanol–water partition coefficient (Wildman–Crippen LogP) is 5.01. The molecule has 0 aliphatic carbocycles. The Morgan fingerprint density at radius 3 is 2.19 bits per heavy atom. The number of rotatable bonds is 13. The first-order valence-corrected chi connectivity index (χ1v) is 12.8. The Hall–Kier alpha value is -3.72. The third-order valence-corrected chi connectivity index (χ3v) is 6.61. The first kappa shape index (κ1) is 27.9. The van der Waals surface area contributed by atoms with E-state index in [1.54, 1.807) is 12.1 Å². The maximum absolute atomic E-state index is 13.2. The van der Waals surface area contributed by atoms with Crippen LogP contribution in [0.4, 0.5) is 5.69 Å². The summed E-state index contributed by atoms with van der Waals surface area (Å²) in [5.74, 6) is -1.97. The van der Waals surface area contributed by atoms with Crippen LogP contribution in [-0.4, -0.2) is 62.8 Å². The zero-order chi connectivity index (χ0) is 26.9. The number of likely N-dealkylation sites (tertiary alicyclic amines) is 1. The molecule has 1 atom stereocenters. The van der Waals surface area contributed by atoms with Crippen LogP contribution in [-0.2, 0) is 9.59 Å². The molecule has 2 aromatic rings. The number of ketones is 1. The number of amides is 1. The molecular formula is C28H35N3O6. The molecule has 0 bridgehead atoms. The summed E-state index contributed by atoms with van der Waals surface area (Å²) < 4.78 is 0. The van der Waals surface area contributed by atoms with Crippen molar-refractivity contribution in [3.8, 4) is 5.75 Å². The van der Waals surface area contributed by atoms with E-state index < -0.39 is 28.4 Å². The van der Waals surface area contributed by atoms with Gasteiger partial charge in [-0.1, -0.05) is 38.8 Å². The van der Waals surface area contributed by atoms with Crippen molar-refractivity contribution in [2.45, 2.75) is 52.0 Å². The summed E-state index contributed by atoms with van der Waals surface area (Å²) in [6, 6.07) is 10.6. The Morgan fingerprint density at radius 2 is 1.62 bits per heavy atom. The summed E-state index contributed by atoms with van der Waals surface area (Å²) in [4.78, 5) is 40.6. The summed E-state index contributed by atoms with van der Waals surface area (Å²) in [5, 5.41) is 32.2. The van der Waals surface area contributed by atoms with Crippen molar-refractivity contribution in [2.75, 3.05) is 26.2 Å². The maximum atomic E-state index is 13.2. The highest BCUT2D eigenvalue weighted by molar-refractivity contribution is 6.46. The quantitative estimate of drug-likeness (QED) is 0.128. The van der Waals surface area contributed by atoms with Gasteiger partial charge in [0.15, 0.2) is 0 Å². The molecule has 1 fully saturated rings. The number of benzene rings is 2. The minimum absolute atomic E-state index is 0.0243. The van der Waals surface area contributed by atoms with Crippen LogP contribution in [0.2, 0.25) is 0 Å². The fourth-order valence-corrected chi connectivity index (χ4v) is 4.61. The topological polar surface area (TPSA) is 124 Å². The van der Waals surface area contributed by atoms with Crippen LogP contribution in [0.5, 0.6) is 5.75 Å². The summed E-state index contributed by atoms with van der Waals surface area (Å²) >= 11 is 0. The number of non-ortho nitro benzene ring substituents is 1. The average Bonchev–Trinajstić information content (AvgIpc) is 3.14. The summed E-state index contributed by atoms with van der Waals surface area (Å²) in [6.45, 7) is 7.33. The number of carbonyl (C=O) groups excluding carboxylic acids is 2. The molecule has 9 nitrogen and oxygen atoms in total. The van der Waals surface area contributed by atoms with Gasteiger partial charge in [-0.3, -0.25) is 19.7 Å². The second-order valence-electron chi connectivity index (χ2n) is 9.29. The van der Waals surface area contributed by atoms with E-state index in [-0.39, 0.29) is 22.6 Å². The Bertz CT molecular complexity index is 1140. The van der Waals surface area contributed by atoms with Gasteiger partial charge in [-0.25, -0.2) is 0 Å². The van der Waals surface area contributed by atoms with Crippen LogP contribution >= 0.6 is 0 Å². The van der Waals surface area contributed by atoms with Gasteiger partial charge in [0.05, 0.1) is 16.5 Å². The van der Waals surface area contributed by atoms with E-state index >= 15 is 0 Å². The molecule has 9 heteroatoms. The number of aliphatic hydroxyl groups excluding tert-OH is 1. The van der Waals surface area contributed by atoms with Gasteiger partial charge in [0.25, 0.3) is 17.4 Å².